The molecule has 2 aromatic carbocycles. The summed E-state index contributed by atoms with van der Waals surface area (Å²) in [6.07, 6.45) is 1.07. The Morgan fingerprint density at radius 2 is 1.55 bits per heavy atom. The van der Waals surface area contributed by atoms with Crippen molar-refractivity contribution < 1.29 is 5.11 Å². The summed E-state index contributed by atoms with van der Waals surface area (Å²) in [5, 5.41) is 11.8. The largest absolute Gasteiger partial charge is 0.508 e. The monoisotopic (exact) mass is 268 g/mol. The zero-order valence-electron chi connectivity index (χ0n) is 13.1. The molecule has 0 aliphatic rings. The highest BCUT2D eigenvalue weighted by atomic mass is 16.3. The van der Waals surface area contributed by atoms with Crippen LogP contribution in [0.25, 0.3) is 16.3 Å². The Morgan fingerprint density at radius 1 is 0.950 bits per heavy atom. The second kappa shape index (κ2) is 5.32. The number of aromatic hydroxyl groups is 1. The van der Waals surface area contributed by atoms with E-state index >= 15 is 0 Å². The van der Waals surface area contributed by atoms with Crippen LogP contribution in [0.5, 0.6) is 5.75 Å². The van der Waals surface area contributed by atoms with Crippen molar-refractivity contribution in [3.8, 4) is 5.75 Å². The summed E-state index contributed by atoms with van der Waals surface area (Å²) in [7, 11) is 0. The lowest BCUT2D eigenvalue weighted by molar-refractivity contribution is 0.426. The molecule has 1 heteroatoms. The quantitative estimate of drug-likeness (QED) is 0.732. The van der Waals surface area contributed by atoms with Gasteiger partial charge in [0.05, 0.1) is 0 Å². The second-order valence-corrected chi connectivity index (χ2v) is 6.96. The summed E-state index contributed by atoms with van der Waals surface area (Å²) in [5.74, 6) is 0.322. The number of hydrogen-bond acceptors (Lipinski definition) is 1. The van der Waals surface area contributed by atoms with Gasteiger partial charge >= 0.3 is 0 Å². The summed E-state index contributed by atoms with van der Waals surface area (Å²) >= 11 is 0. The molecule has 0 aromatic heterocycles. The Labute approximate surface area is 122 Å². The van der Waals surface area contributed by atoms with Crippen LogP contribution < -0.4 is 0 Å². The van der Waals surface area contributed by atoms with Crippen molar-refractivity contribution in [1.29, 1.82) is 0 Å². The van der Waals surface area contributed by atoms with Crippen molar-refractivity contribution in [3.63, 3.8) is 0 Å². The average molecular weight is 268 g/mol. The smallest absolute Gasteiger partial charge is 0.116 e. The van der Waals surface area contributed by atoms with Gasteiger partial charge in [0.2, 0.25) is 0 Å². The second-order valence-electron chi connectivity index (χ2n) is 6.96. The summed E-state index contributed by atoms with van der Waals surface area (Å²) < 4.78 is 0. The van der Waals surface area contributed by atoms with Crippen molar-refractivity contribution in [1.82, 2.24) is 0 Å². The van der Waals surface area contributed by atoms with E-state index in [0.717, 1.165) is 11.8 Å². The van der Waals surface area contributed by atoms with Gasteiger partial charge in [0.15, 0.2) is 0 Å². The molecular weight excluding hydrogens is 244 g/mol. The van der Waals surface area contributed by atoms with E-state index in [-0.39, 0.29) is 5.41 Å². The minimum Gasteiger partial charge on any atom is -0.508 e. The van der Waals surface area contributed by atoms with Gasteiger partial charge in [-0.1, -0.05) is 44.5 Å². The van der Waals surface area contributed by atoms with Gasteiger partial charge in [0, 0.05) is 0 Å². The summed E-state index contributed by atoms with van der Waals surface area (Å²) in [6, 6.07) is 12.0. The van der Waals surface area contributed by atoms with Gasteiger partial charge in [-0.2, -0.15) is 0 Å². The maximum Gasteiger partial charge on any atom is 0.116 e. The van der Waals surface area contributed by atoms with Crippen LogP contribution in [0, 0.1) is 5.41 Å². The molecule has 106 valence electrons. The van der Waals surface area contributed by atoms with Crippen LogP contribution in [0.2, 0.25) is 0 Å². The zero-order valence-corrected chi connectivity index (χ0v) is 13.1. The van der Waals surface area contributed by atoms with E-state index in [1.807, 2.05) is 12.1 Å². The van der Waals surface area contributed by atoms with Gasteiger partial charge < -0.3 is 5.11 Å². The summed E-state index contributed by atoms with van der Waals surface area (Å²) in [5.41, 5.74) is 4.36. The number of rotatable bonds is 2. The van der Waals surface area contributed by atoms with Crippen LogP contribution in [0.4, 0.5) is 0 Å². The van der Waals surface area contributed by atoms with Crippen LogP contribution >= 0.6 is 0 Å². The van der Waals surface area contributed by atoms with Crippen molar-refractivity contribution in [3.05, 3.63) is 47.5 Å². The number of fused-ring (bicyclic) bond motifs is 1. The maximum absolute atomic E-state index is 9.54. The predicted molar refractivity (Wildman–Crippen MR) is 88.0 cm³/mol. The minimum absolute atomic E-state index is 0.274. The number of benzene rings is 2. The average Bonchev–Trinajstić information content (AvgIpc) is 2.34. The van der Waals surface area contributed by atoms with Gasteiger partial charge in [-0.05, 0) is 65.8 Å². The fourth-order valence-electron chi connectivity index (χ4n) is 2.52. The highest BCUT2D eigenvalue weighted by Gasteiger charge is 2.15. The topological polar surface area (TPSA) is 20.2 Å². The molecule has 2 rings (SSSR count). The molecule has 2 aromatic rings. The SMILES string of the molecule is CC(C)=C(CC(C)(C)C)c1ccc2cc(O)ccc2c1. The van der Waals surface area contributed by atoms with Crippen molar-refractivity contribution in [2.45, 2.75) is 41.0 Å². The Bertz CT molecular complexity index is 653. The highest BCUT2D eigenvalue weighted by molar-refractivity contribution is 5.87. The standard InChI is InChI=1S/C19H24O/c1-13(2)18(12-19(3,4)5)16-7-6-15-11-17(20)9-8-14(15)10-16/h6-11,20H,12H2,1-5H3. The lowest BCUT2D eigenvalue weighted by atomic mass is 9.83. The number of allylic oxidation sites excluding steroid dienone is 2. The van der Waals surface area contributed by atoms with Crippen molar-refractivity contribution in [2.75, 3.05) is 0 Å². The van der Waals surface area contributed by atoms with E-state index in [0.29, 0.717) is 5.75 Å². The molecule has 20 heavy (non-hydrogen) atoms. The predicted octanol–water partition coefficient (Wildman–Crippen LogP) is 5.78. The summed E-state index contributed by atoms with van der Waals surface area (Å²) in [4.78, 5) is 0. The van der Waals surface area contributed by atoms with Gasteiger partial charge in [0.25, 0.3) is 0 Å². The molecule has 0 saturated carbocycles. The van der Waals surface area contributed by atoms with Gasteiger partial charge in [0.1, 0.15) is 5.75 Å². The number of phenolic OH excluding ortho intramolecular Hbond substituents is 1. The van der Waals surface area contributed by atoms with E-state index in [2.05, 4.69) is 52.8 Å². The molecule has 0 aliphatic carbocycles. The molecule has 0 bridgehead atoms. The number of hydrogen-bond donors (Lipinski definition) is 1. The molecule has 1 nitrogen and oxygen atoms in total. The molecule has 0 unspecified atom stereocenters. The molecule has 0 heterocycles. The first-order valence-corrected chi connectivity index (χ1v) is 7.16. The first-order chi connectivity index (χ1) is 9.26. The molecule has 0 amide bonds. The fraction of sp³-hybridized carbons (Fsp3) is 0.368. The van der Waals surface area contributed by atoms with E-state index in [4.69, 9.17) is 0 Å². The lowest BCUT2D eigenvalue weighted by Crippen LogP contribution is -2.06. The highest BCUT2D eigenvalue weighted by Crippen LogP contribution is 2.34. The molecule has 0 spiro atoms. The lowest BCUT2D eigenvalue weighted by Gasteiger charge is -2.22. The zero-order chi connectivity index (χ0) is 14.9. The molecule has 0 saturated heterocycles. The molecule has 0 fully saturated rings. The normalized spacial score (nSPS) is 11.7. The molecule has 0 atom stereocenters. The Hall–Kier alpha value is -1.76. The maximum atomic E-state index is 9.54. The molecular formula is C19H24O. The van der Waals surface area contributed by atoms with E-state index in [1.165, 1.54) is 22.1 Å². The van der Waals surface area contributed by atoms with Crippen LogP contribution in [0.1, 0.15) is 46.6 Å². The van der Waals surface area contributed by atoms with Gasteiger partial charge in [-0.15, -0.1) is 0 Å². The molecule has 0 aliphatic heterocycles. The van der Waals surface area contributed by atoms with E-state index in [1.54, 1.807) is 6.07 Å². The third-order valence-corrected chi connectivity index (χ3v) is 3.48. The van der Waals surface area contributed by atoms with Crippen LogP contribution in [-0.4, -0.2) is 5.11 Å². The minimum atomic E-state index is 0.274. The first-order valence-electron chi connectivity index (χ1n) is 7.16. The third kappa shape index (κ3) is 3.41. The van der Waals surface area contributed by atoms with Crippen LogP contribution in [0.3, 0.4) is 0 Å². The summed E-state index contributed by atoms with van der Waals surface area (Å²) in [6.45, 7) is 11.2. The number of phenols is 1. The van der Waals surface area contributed by atoms with Crippen molar-refractivity contribution in [2.24, 2.45) is 5.41 Å². The van der Waals surface area contributed by atoms with Crippen LogP contribution in [0.15, 0.2) is 42.0 Å². The van der Waals surface area contributed by atoms with Gasteiger partial charge in [-0.25, -0.2) is 0 Å². The Morgan fingerprint density at radius 3 is 2.15 bits per heavy atom. The first kappa shape index (κ1) is 14.6. The Kier molecular flexibility index (Phi) is 3.89. The van der Waals surface area contributed by atoms with Gasteiger partial charge in [-0.3, -0.25) is 0 Å². The van der Waals surface area contributed by atoms with E-state index < -0.39 is 0 Å². The van der Waals surface area contributed by atoms with Crippen molar-refractivity contribution >= 4 is 16.3 Å². The molecule has 1 N–H and O–H groups in total. The molecule has 0 radical (unpaired) electrons. The van der Waals surface area contributed by atoms with E-state index in [9.17, 15) is 5.11 Å². The Balaban J connectivity index is 2.50. The third-order valence-electron chi connectivity index (χ3n) is 3.48. The fourth-order valence-corrected chi connectivity index (χ4v) is 2.52. The van der Waals surface area contributed by atoms with Crippen LogP contribution in [-0.2, 0) is 0 Å².